The molecular weight excluding hydrogens is 232 g/mol. The monoisotopic (exact) mass is 244 g/mol. The van der Waals surface area contributed by atoms with E-state index in [2.05, 4.69) is 15.0 Å². The first kappa shape index (κ1) is 11.9. The third-order valence-electron chi connectivity index (χ3n) is 2.40. The number of methoxy groups -OCH3 is 1. The van der Waals surface area contributed by atoms with Crippen LogP contribution in [0.25, 0.3) is 0 Å². The van der Waals surface area contributed by atoms with Gasteiger partial charge < -0.3 is 15.0 Å². The maximum absolute atomic E-state index is 11.8. The number of aromatic amines is 1. The number of anilines is 1. The van der Waals surface area contributed by atoms with Crippen molar-refractivity contribution in [2.45, 2.75) is 0 Å². The molecule has 92 valence electrons. The van der Waals surface area contributed by atoms with Gasteiger partial charge in [-0.25, -0.2) is 4.79 Å². The largest absolute Gasteiger partial charge is 0.465 e. The molecule has 1 amide bonds. The van der Waals surface area contributed by atoms with Crippen molar-refractivity contribution in [1.29, 1.82) is 0 Å². The van der Waals surface area contributed by atoms with Gasteiger partial charge in [0.15, 0.2) is 0 Å². The molecule has 0 saturated heterocycles. The molecule has 0 aliphatic heterocycles. The van der Waals surface area contributed by atoms with E-state index in [1.807, 2.05) is 0 Å². The van der Waals surface area contributed by atoms with Gasteiger partial charge in [-0.2, -0.15) is 0 Å². The fourth-order valence-electron chi connectivity index (χ4n) is 1.51. The average Bonchev–Trinajstić information content (AvgIpc) is 2.92. The highest BCUT2D eigenvalue weighted by molar-refractivity contribution is 6.04. The second-order valence-corrected chi connectivity index (χ2v) is 3.63. The number of esters is 1. The Morgan fingerprint density at radius 1 is 1.22 bits per heavy atom. The zero-order valence-electron chi connectivity index (χ0n) is 9.77. The molecule has 2 aromatic rings. The number of hydrogen-bond donors (Lipinski definition) is 2. The van der Waals surface area contributed by atoms with Crippen molar-refractivity contribution in [3.8, 4) is 0 Å². The van der Waals surface area contributed by atoms with Crippen molar-refractivity contribution < 1.29 is 14.3 Å². The molecule has 0 radical (unpaired) electrons. The zero-order chi connectivity index (χ0) is 13.0. The molecule has 0 aliphatic rings. The van der Waals surface area contributed by atoms with Crippen molar-refractivity contribution in [2.24, 2.45) is 0 Å². The number of ether oxygens (including phenoxy) is 1. The normalized spacial score (nSPS) is 9.83. The lowest BCUT2D eigenvalue weighted by atomic mass is 10.2. The van der Waals surface area contributed by atoms with E-state index in [4.69, 9.17) is 0 Å². The van der Waals surface area contributed by atoms with Crippen molar-refractivity contribution >= 4 is 17.6 Å². The van der Waals surface area contributed by atoms with Gasteiger partial charge in [-0.1, -0.05) is 6.07 Å². The average molecular weight is 244 g/mol. The molecule has 1 aromatic carbocycles. The van der Waals surface area contributed by atoms with Gasteiger partial charge in [-0.15, -0.1) is 0 Å². The lowest BCUT2D eigenvalue weighted by Gasteiger charge is -2.05. The molecule has 0 aliphatic carbocycles. The summed E-state index contributed by atoms with van der Waals surface area (Å²) >= 11 is 0. The van der Waals surface area contributed by atoms with Crippen molar-refractivity contribution in [1.82, 2.24) is 4.98 Å². The highest BCUT2D eigenvalue weighted by Gasteiger charge is 2.09. The molecule has 2 N–H and O–H groups in total. The molecular formula is C13H12N2O3. The number of nitrogens with one attached hydrogen (secondary N) is 2. The highest BCUT2D eigenvalue weighted by Crippen LogP contribution is 2.13. The SMILES string of the molecule is COC(=O)c1cccc(NC(=O)c2cc[nH]c2)c1. The Balaban J connectivity index is 2.15. The van der Waals surface area contributed by atoms with Gasteiger partial charge in [0.05, 0.1) is 18.2 Å². The second kappa shape index (κ2) is 5.18. The third kappa shape index (κ3) is 2.57. The maximum atomic E-state index is 11.8. The lowest BCUT2D eigenvalue weighted by molar-refractivity contribution is 0.0600. The first-order valence-electron chi connectivity index (χ1n) is 5.33. The number of benzene rings is 1. The van der Waals surface area contributed by atoms with Crippen LogP contribution in [0.15, 0.2) is 42.7 Å². The molecule has 0 bridgehead atoms. The van der Waals surface area contributed by atoms with Gasteiger partial charge in [-0.3, -0.25) is 4.79 Å². The molecule has 0 atom stereocenters. The standard InChI is InChI=1S/C13H12N2O3/c1-18-13(17)9-3-2-4-11(7-9)15-12(16)10-5-6-14-8-10/h2-8,14H,1H3,(H,15,16). The Morgan fingerprint density at radius 2 is 2.06 bits per heavy atom. The minimum absolute atomic E-state index is 0.238. The van der Waals surface area contributed by atoms with Gasteiger partial charge in [-0.05, 0) is 24.3 Å². The van der Waals surface area contributed by atoms with Crippen LogP contribution in [0.1, 0.15) is 20.7 Å². The zero-order valence-corrected chi connectivity index (χ0v) is 9.77. The minimum atomic E-state index is -0.437. The summed E-state index contributed by atoms with van der Waals surface area (Å²) in [5, 5.41) is 2.70. The minimum Gasteiger partial charge on any atom is -0.465 e. The molecule has 2 rings (SSSR count). The smallest absolute Gasteiger partial charge is 0.337 e. The maximum Gasteiger partial charge on any atom is 0.337 e. The van der Waals surface area contributed by atoms with Gasteiger partial charge in [0.2, 0.25) is 0 Å². The number of carbonyl (C=O) groups is 2. The first-order valence-corrected chi connectivity index (χ1v) is 5.33. The topological polar surface area (TPSA) is 71.2 Å². The van der Waals surface area contributed by atoms with Crippen LogP contribution in [0, 0.1) is 0 Å². The van der Waals surface area contributed by atoms with Crippen molar-refractivity contribution in [3.63, 3.8) is 0 Å². The first-order chi connectivity index (χ1) is 8.70. The van der Waals surface area contributed by atoms with Gasteiger partial charge >= 0.3 is 5.97 Å². The Bertz CT molecular complexity index is 561. The Kier molecular flexibility index (Phi) is 3.43. The molecule has 18 heavy (non-hydrogen) atoms. The number of rotatable bonds is 3. The molecule has 1 heterocycles. The summed E-state index contributed by atoms with van der Waals surface area (Å²) in [5.74, 6) is -0.675. The number of aromatic nitrogens is 1. The van der Waals surface area contributed by atoms with Crippen LogP contribution in [0.3, 0.4) is 0 Å². The number of carbonyl (C=O) groups excluding carboxylic acids is 2. The van der Waals surface area contributed by atoms with Crippen LogP contribution in [0.2, 0.25) is 0 Å². The molecule has 0 unspecified atom stereocenters. The van der Waals surface area contributed by atoms with Crippen molar-refractivity contribution in [2.75, 3.05) is 12.4 Å². The molecule has 0 fully saturated rings. The van der Waals surface area contributed by atoms with Crippen LogP contribution < -0.4 is 5.32 Å². The van der Waals surface area contributed by atoms with Gasteiger partial charge in [0.1, 0.15) is 0 Å². The number of amides is 1. The fraction of sp³-hybridized carbons (Fsp3) is 0.0769. The molecule has 5 heteroatoms. The van der Waals surface area contributed by atoms with E-state index in [1.165, 1.54) is 7.11 Å². The lowest BCUT2D eigenvalue weighted by Crippen LogP contribution is -2.11. The summed E-state index contributed by atoms with van der Waals surface area (Å²) in [5.41, 5.74) is 1.46. The second-order valence-electron chi connectivity index (χ2n) is 3.63. The van der Waals surface area contributed by atoms with Gasteiger partial charge in [0.25, 0.3) is 5.91 Å². The van der Waals surface area contributed by atoms with Crippen LogP contribution >= 0.6 is 0 Å². The predicted molar refractivity (Wildman–Crippen MR) is 66.5 cm³/mol. The van der Waals surface area contributed by atoms with E-state index >= 15 is 0 Å². The third-order valence-corrected chi connectivity index (χ3v) is 2.40. The van der Waals surface area contributed by atoms with E-state index in [0.717, 1.165) is 0 Å². The highest BCUT2D eigenvalue weighted by atomic mass is 16.5. The summed E-state index contributed by atoms with van der Waals surface area (Å²) in [6, 6.07) is 8.24. The van der Waals surface area contributed by atoms with Crippen LogP contribution in [0.4, 0.5) is 5.69 Å². The van der Waals surface area contributed by atoms with Crippen LogP contribution in [-0.2, 0) is 4.74 Å². The quantitative estimate of drug-likeness (QED) is 0.812. The Hall–Kier alpha value is -2.56. The molecule has 1 aromatic heterocycles. The molecule has 0 saturated carbocycles. The van der Waals surface area contributed by atoms with E-state index in [0.29, 0.717) is 16.8 Å². The van der Waals surface area contributed by atoms with Crippen LogP contribution in [0.5, 0.6) is 0 Å². The predicted octanol–water partition coefficient (Wildman–Crippen LogP) is 2.05. The Morgan fingerprint density at radius 3 is 2.72 bits per heavy atom. The summed E-state index contributed by atoms with van der Waals surface area (Å²) < 4.78 is 4.61. The molecule has 0 spiro atoms. The summed E-state index contributed by atoms with van der Waals surface area (Å²) in [6.45, 7) is 0. The summed E-state index contributed by atoms with van der Waals surface area (Å²) in [7, 11) is 1.31. The fourth-order valence-corrected chi connectivity index (χ4v) is 1.51. The van der Waals surface area contributed by atoms with Gasteiger partial charge in [0, 0.05) is 18.1 Å². The molecule has 5 nitrogen and oxygen atoms in total. The van der Waals surface area contributed by atoms with Crippen LogP contribution in [-0.4, -0.2) is 24.0 Å². The number of H-pyrrole nitrogens is 1. The van der Waals surface area contributed by atoms with E-state index in [1.54, 1.807) is 42.7 Å². The van der Waals surface area contributed by atoms with E-state index in [9.17, 15) is 9.59 Å². The summed E-state index contributed by atoms with van der Waals surface area (Å²) in [4.78, 5) is 25.9. The summed E-state index contributed by atoms with van der Waals surface area (Å²) in [6.07, 6.45) is 3.26. The van der Waals surface area contributed by atoms with E-state index < -0.39 is 5.97 Å². The Labute approximate surface area is 104 Å². The number of hydrogen-bond acceptors (Lipinski definition) is 3. The van der Waals surface area contributed by atoms with E-state index in [-0.39, 0.29) is 5.91 Å². The van der Waals surface area contributed by atoms with Crippen molar-refractivity contribution in [3.05, 3.63) is 53.9 Å².